The zero-order chi connectivity index (χ0) is 22.9. The van der Waals surface area contributed by atoms with Gasteiger partial charge in [0.05, 0.1) is 21.9 Å². The first-order valence-electron chi connectivity index (χ1n) is 9.36. The summed E-state index contributed by atoms with van der Waals surface area (Å²) in [6.07, 6.45) is -2.99. The molecule has 0 unspecified atom stereocenters. The quantitative estimate of drug-likeness (QED) is 0.283. The fourth-order valence-electron chi connectivity index (χ4n) is 3.00. The fourth-order valence-corrected chi connectivity index (χ4v) is 4.01. The zero-order valence-corrected chi connectivity index (χ0v) is 18.1. The van der Waals surface area contributed by atoms with Gasteiger partial charge in [0.25, 0.3) is 0 Å². The van der Waals surface area contributed by atoms with Crippen LogP contribution >= 0.6 is 22.9 Å². The second-order valence-corrected chi connectivity index (χ2v) is 8.23. The molecule has 4 rings (SSSR count). The van der Waals surface area contributed by atoms with Gasteiger partial charge in [-0.05, 0) is 37.3 Å². The summed E-state index contributed by atoms with van der Waals surface area (Å²) in [5, 5.41) is 12.1. The maximum atomic E-state index is 13.0. The highest BCUT2D eigenvalue weighted by Gasteiger charge is 2.31. The molecule has 2 aromatic heterocycles. The van der Waals surface area contributed by atoms with Crippen LogP contribution in [0.3, 0.4) is 0 Å². The lowest BCUT2D eigenvalue weighted by Gasteiger charge is -2.09. The lowest BCUT2D eigenvalue weighted by molar-refractivity contribution is -0.137. The Morgan fingerprint density at radius 2 is 1.88 bits per heavy atom. The first-order chi connectivity index (χ1) is 15.2. The van der Waals surface area contributed by atoms with Gasteiger partial charge >= 0.3 is 6.18 Å². The summed E-state index contributed by atoms with van der Waals surface area (Å²) in [6, 6.07) is 16.1. The topological polar surface area (TPSA) is 49.8 Å². The molecule has 0 bridgehead atoms. The van der Waals surface area contributed by atoms with Crippen LogP contribution in [0.5, 0.6) is 0 Å². The number of benzene rings is 2. The first-order valence-corrected chi connectivity index (χ1v) is 10.6. The van der Waals surface area contributed by atoms with Crippen molar-refractivity contribution in [1.29, 1.82) is 5.26 Å². The number of allylic oxidation sites excluding steroid dienone is 1. The molecule has 160 valence electrons. The largest absolute Gasteiger partial charge is 0.457 e. The van der Waals surface area contributed by atoms with Crippen molar-refractivity contribution >= 4 is 34.6 Å². The number of aryl methyl sites for hydroxylation is 1. The van der Waals surface area contributed by atoms with Gasteiger partial charge < -0.3 is 4.42 Å². The number of hydrogen-bond acceptors (Lipinski definition) is 4. The van der Waals surface area contributed by atoms with Crippen LogP contribution in [0.25, 0.3) is 34.2 Å². The van der Waals surface area contributed by atoms with E-state index in [1.807, 2.05) is 36.6 Å². The van der Waals surface area contributed by atoms with Crippen LogP contribution in [0.15, 0.2) is 64.4 Å². The molecule has 0 aliphatic heterocycles. The standard InChI is InChI=1S/C24H14ClF3N2OS/c1-14-2-4-15(5-3-14)21-13-32-23(30-21)16(12-29)10-18-7-9-22(31-18)19-11-17(24(26,27)28)6-8-20(19)25/h2-11,13H,1H3. The van der Waals surface area contributed by atoms with Crippen molar-refractivity contribution in [2.45, 2.75) is 13.1 Å². The normalized spacial score (nSPS) is 12.1. The molecule has 0 fully saturated rings. The van der Waals surface area contributed by atoms with E-state index in [2.05, 4.69) is 11.1 Å². The minimum Gasteiger partial charge on any atom is -0.457 e. The van der Waals surface area contributed by atoms with Gasteiger partial charge in [-0.3, -0.25) is 0 Å². The molecule has 0 radical (unpaired) electrons. The predicted molar refractivity (Wildman–Crippen MR) is 120 cm³/mol. The summed E-state index contributed by atoms with van der Waals surface area (Å²) in [5.41, 5.74) is 2.41. The number of nitriles is 1. The van der Waals surface area contributed by atoms with Gasteiger partial charge in [0.15, 0.2) is 0 Å². The van der Waals surface area contributed by atoms with E-state index in [0.717, 1.165) is 29.0 Å². The highest BCUT2D eigenvalue weighted by Crippen LogP contribution is 2.37. The van der Waals surface area contributed by atoms with E-state index in [1.54, 1.807) is 6.07 Å². The van der Waals surface area contributed by atoms with Crippen molar-refractivity contribution < 1.29 is 17.6 Å². The van der Waals surface area contributed by atoms with Gasteiger partial charge in [0.2, 0.25) is 0 Å². The third-order valence-electron chi connectivity index (χ3n) is 4.67. The smallest absolute Gasteiger partial charge is 0.416 e. The third kappa shape index (κ3) is 4.62. The van der Waals surface area contributed by atoms with Crippen LogP contribution in [0, 0.1) is 18.3 Å². The molecular weight excluding hydrogens is 457 g/mol. The molecule has 0 N–H and O–H groups in total. The predicted octanol–water partition coefficient (Wildman–Crippen LogP) is 8.11. The highest BCUT2D eigenvalue weighted by atomic mass is 35.5. The van der Waals surface area contributed by atoms with Gasteiger partial charge in [0, 0.05) is 22.6 Å². The molecule has 0 spiro atoms. The van der Waals surface area contributed by atoms with Crippen molar-refractivity contribution in [2.24, 2.45) is 0 Å². The Bertz CT molecular complexity index is 1340. The molecule has 0 aliphatic carbocycles. The fraction of sp³-hybridized carbons (Fsp3) is 0.0833. The van der Waals surface area contributed by atoms with Crippen LogP contribution in [0.2, 0.25) is 5.02 Å². The number of nitrogens with zero attached hydrogens (tertiary/aromatic N) is 2. The van der Waals surface area contributed by atoms with Gasteiger partial charge in [-0.25, -0.2) is 4.98 Å². The minimum absolute atomic E-state index is 0.121. The van der Waals surface area contributed by atoms with Gasteiger partial charge in [-0.1, -0.05) is 41.4 Å². The summed E-state index contributed by atoms with van der Waals surface area (Å²) in [7, 11) is 0. The van der Waals surface area contributed by atoms with E-state index in [4.69, 9.17) is 16.0 Å². The molecule has 8 heteroatoms. The Morgan fingerprint density at radius 1 is 1.12 bits per heavy atom. The van der Waals surface area contributed by atoms with E-state index in [1.165, 1.54) is 29.5 Å². The van der Waals surface area contributed by atoms with Crippen molar-refractivity contribution in [3.63, 3.8) is 0 Å². The van der Waals surface area contributed by atoms with Gasteiger partial charge in [0.1, 0.15) is 22.6 Å². The number of aromatic nitrogens is 1. The van der Waals surface area contributed by atoms with Crippen LogP contribution in [-0.2, 0) is 6.18 Å². The maximum absolute atomic E-state index is 13.0. The van der Waals surface area contributed by atoms with Crippen molar-refractivity contribution in [1.82, 2.24) is 4.98 Å². The molecule has 32 heavy (non-hydrogen) atoms. The van der Waals surface area contributed by atoms with E-state index >= 15 is 0 Å². The second-order valence-electron chi connectivity index (χ2n) is 6.97. The Kier molecular flexibility index (Phi) is 5.92. The lowest BCUT2D eigenvalue weighted by Crippen LogP contribution is -2.04. The number of halogens is 4. The number of furan rings is 1. The molecule has 4 aromatic rings. The summed E-state index contributed by atoms with van der Waals surface area (Å²) in [6.45, 7) is 2.00. The van der Waals surface area contributed by atoms with Crippen molar-refractivity contribution in [3.8, 4) is 28.7 Å². The lowest BCUT2D eigenvalue weighted by atomic mass is 10.1. The molecule has 0 aliphatic rings. The highest BCUT2D eigenvalue weighted by molar-refractivity contribution is 7.11. The van der Waals surface area contributed by atoms with Crippen LogP contribution in [0.4, 0.5) is 13.2 Å². The number of rotatable bonds is 4. The minimum atomic E-state index is -4.50. The first kappa shape index (κ1) is 21.9. The monoisotopic (exact) mass is 470 g/mol. The van der Waals surface area contributed by atoms with Crippen LogP contribution in [-0.4, -0.2) is 4.98 Å². The van der Waals surface area contributed by atoms with E-state index in [9.17, 15) is 18.4 Å². The molecule has 2 heterocycles. The molecule has 3 nitrogen and oxygen atoms in total. The summed E-state index contributed by atoms with van der Waals surface area (Å²) >= 11 is 7.41. The van der Waals surface area contributed by atoms with E-state index in [0.29, 0.717) is 10.8 Å². The molecule has 0 saturated carbocycles. The van der Waals surface area contributed by atoms with E-state index < -0.39 is 11.7 Å². The Balaban J connectivity index is 1.64. The molecule has 0 atom stereocenters. The zero-order valence-electron chi connectivity index (χ0n) is 16.6. The molecule has 0 amide bonds. The summed E-state index contributed by atoms with van der Waals surface area (Å²) < 4.78 is 44.8. The van der Waals surface area contributed by atoms with Gasteiger partial charge in [-0.15, -0.1) is 11.3 Å². The SMILES string of the molecule is Cc1ccc(-c2csc(C(C#N)=Cc3ccc(-c4cc(C(F)(F)F)ccc4Cl)o3)n2)cc1. The molecule has 2 aromatic carbocycles. The summed E-state index contributed by atoms with van der Waals surface area (Å²) in [4.78, 5) is 4.54. The second kappa shape index (κ2) is 8.65. The van der Waals surface area contributed by atoms with Gasteiger partial charge in [-0.2, -0.15) is 18.4 Å². The number of thiazole rings is 1. The van der Waals surface area contributed by atoms with Crippen molar-refractivity contribution in [2.75, 3.05) is 0 Å². The summed E-state index contributed by atoms with van der Waals surface area (Å²) in [5.74, 6) is 0.473. The average molecular weight is 471 g/mol. The van der Waals surface area contributed by atoms with Crippen molar-refractivity contribution in [3.05, 3.63) is 86.9 Å². The average Bonchev–Trinajstić information content (AvgIpc) is 3.42. The molecular formula is C24H14ClF3N2OS. The Hall–Kier alpha value is -3.34. The maximum Gasteiger partial charge on any atom is 0.416 e. The number of hydrogen-bond donors (Lipinski definition) is 0. The van der Waals surface area contributed by atoms with Crippen LogP contribution in [0.1, 0.15) is 21.9 Å². The third-order valence-corrected chi connectivity index (χ3v) is 5.88. The molecule has 0 saturated heterocycles. The van der Waals surface area contributed by atoms with Crippen LogP contribution < -0.4 is 0 Å². The number of alkyl halides is 3. The Labute approximate surface area is 191 Å². The Morgan fingerprint density at radius 3 is 2.56 bits per heavy atom. The van der Waals surface area contributed by atoms with E-state index in [-0.39, 0.29) is 21.9 Å².